The molecule has 0 radical (unpaired) electrons. The van der Waals surface area contributed by atoms with Crippen molar-refractivity contribution < 1.29 is 4.79 Å². The third kappa shape index (κ3) is 3.76. The summed E-state index contributed by atoms with van der Waals surface area (Å²) in [6, 6.07) is 0. The van der Waals surface area contributed by atoms with Gasteiger partial charge in [0.2, 0.25) is 0 Å². The molecule has 1 heteroatoms. The number of hydrogen-bond acceptors (Lipinski definition) is 1. The number of carbonyl (C=O) groups is 1. The van der Waals surface area contributed by atoms with Gasteiger partial charge in [0.15, 0.2) is 5.78 Å². The number of Topliss-reactive ketones (excluding diaryl/α,β-unsaturated/α-hetero) is 1. The van der Waals surface area contributed by atoms with Crippen molar-refractivity contribution in [3.05, 3.63) is 24.3 Å². The lowest BCUT2D eigenvalue weighted by Crippen LogP contribution is -1.99. The van der Waals surface area contributed by atoms with Gasteiger partial charge in [0.05, 0.1) is 0 Å². The van der Waals surface area contributed by atoms with Crippen molar-refractivity contribution in [2.24, 2.45) is 0 Å². The fourth-order valence-electron chi connectivity index (χ4n) is 0.940. The van der Waals surface area contributed by atoms with E-state index < -0.39 is 0 Å². The standard InChI is InChI=1S/C10H16O/c1-4-7-9(8-5-2)10(11)6-3/h4,8H,1,5-7H2,2-3H3/b9-8-. The smallest absolute Gasteiger partial charge is 0.158 e. The Labute approximate surface area is 68.8 Å². The first kappa shape index (κ1) is 10.2. The Bertz CT molecular complexity index is 166. The summed E-state index contributed by atoms with van der Waals surface area (Å²) in [5, 5.41) is 0. The van der Waals surface area contributed by atoms with Gasteiger partial charge in [-0.25, -0.2) is 0 Å². The van der Waals surface area contributed by atoms with Crippen molar-refractivity contribution in [1.82, 2.24) is 0 Å². The average molecular weight is 152 g/mol. The summed E-state index contributed by atoms with van der Waals surface area (Å²) in [5.41, 5.74) is 0.907. The van der Waals surface area contributed by atoms with Gasteiger partial charge in [-0.3, -0.25) is 4.79 Å². The van der Waals surface area contributed by atoms with Crippen LogP contribution in [0.4, 0.5) is 0 Å². The summed E-state index contributed by atoms with van der Waals surface area (Å²) in [4.78, 5) is 11.2. The van der Waals surface area contributed by atoms with Crippen LogP contribution in [0.3, 0.4) is 0 Å². The number of rotatable bonds is 5. The van der Waals surface area contributed by atoms with Crippen LogP contribution in [-0.4, -0.2) is 5.78 Å². The summed E-state index contributed by atoms with van der Waals surface area (Å²) in [6.45, 7) is 7.52. The molecule has 1 nitrogen and oxygen atoms in total. The van der Waals surface area contributed by atoms with Gasteiger partial charge in [-0.1, -0.05) is 26.0 Å². The van der Waals surface area contributed by atoms with Gasteiger partial charge >= 0.3 is 0 Å². The fourth-order valence-corrected chi connectivity index (χ4v) is 0.940. The van der Waals surface area contributed by atoms with E-state index in [2.05, 4.69) is 6.58 Å². The molecule has 0 aliphatic rings. The molecule has 62 valence electrons. The highest BCUT2D eigenvalue weighted by atomic mass is 16.1. The Balaban J connectivity index is 4.20. The molecular formula is C10H16O. The molecule has 11 heavy (non-hydrogen) atoms. The molecule has 0 atom stereocenters. The van der Waals surface area contributed by atoms with Crippen molar-refractivity contribution in [2.45, 2.75) is 33.1 Å². The Morgan fingerprint density at radius 3 is 2.45 bits per heavy atom. The quantitative estimate of drug-likeness (QED) is 0.437. The molecule has 0 N–H and O–H groups in total. The van der Waals surface area contributed by atoms with Crippen LogP contribution in [0.2, 0.25) is 0 Å². The van der Waals surface area contributed by atoms with Gasteiger partial charge in [0.1, 0.15) is 0 Å². The molecular weight excluding hydrogens is 136 g/mol. The first-order valence-electron chi connectivity index (χ1n) is 4.09. The highest BCUT2D eigenvalue weighted by Gasteiger charge is 2.02. The van der Waals surface area contributed by atoms with E-state index in [9.17, 15) is 4.79 Å². The second kappa shape index (κ2) is 5.90. The minimum absolute atomic E-state index is 0.242. The molecule has 0 unspecified atom stereocenters. The molecule has 0 saturated heterocycles. The Hall–Kier alpha value is -0.850. The monoisotopic (exact) mass is 152 g/mol. The van der Waals surface area contributed by atoms with E-state index in [-0.39, 0.29) is 5.78 Å². The van der Waals surface area contributed by atoms with E-state index in [1.807, 2.05) is 19.9 Å². The lowest BCUT2D eigenvalue weighted by Gasteiger charge is -1.99. The van der Waals surface area contributed by atoms with Crippen molar-refractivity contribution in [1.29, 1.82) is 0 Å². The second-order valence-electron chi connectivity index (χ2n) is 2.41. The highest BCUT2D eigenvalue weighted by molar-refractivity contribution is 5.95. The van der Waals surface area contributed by atoms with E-state index in [1.54, 1.807) is 6.08 Å². The minimum Gasteiger partial charge on any atom is -0.295 e. The van der Waals surface area contributed by atoms with Crippen LogP contribution in [0.25, 0.3) is 0 Å². The topological polar surface area (TPSA) is 17.1 Å². The van der Waals surface area contributed by atoms with Gasteiger partial charge in [0.25, 0.3) is 0 Å². The first-order chi connectivity index (χ1) is 5.26. The summed E-state index contributed by atoms with van der Waals surface area (Å²) >= 11 is 0. The number of allylic oxidation sites excluding steroid dienone is 3. The predicted molar refractivity (Wildman–Crippen MR) is 48.5 cm³/mol. The molecule has 0 rings (SSSR count). The molecule has 0 saturated carbocycles. The van der Waals surface area contributed by atoms with Gasteiger partial charge in [-0.05, 0) is 18.4 Å². The van der Waals surface area contributed by atoms with Gasteiger partial charge in [-0.2, -0.15) is 0 Å². The third-order valence-corrected chi connectivity index (χ3v) is 1.49. The lowest BCUT2D eigenvalue weighted by molar-refractivity contribution is -0.115. The van der Waals surface area contributed by atoms with E-state index in [1.165, 1.54) is 0 Å². The van der Waals surface area contributed by atoms with Crippen LogP contribution in [0, 0.1) is 0 Å². The maximum Gasteiger partial charge on any atom is 0.158 e. The molecule has 0 spiro atoms. The zero-order valence-electron chi connectivity index (χ0n) is 7.39. The van der Waals surface area contributed by atoms with Crippen molar-refractivity contribution >= 4 is 5.78 Å². The van der Waals surface area contributed by atoms with Crippen molar-refractivity contribution in [3.8, 4) is 0 Å². The van der Waals surface area contributed by atoms with E-state index in [0.717, 1.165) is 12.0 Å². The van der Waals surface area contributed by atoms with Crippen molar-refractivity contribution in [2.75, 3.05) is 0 Å². The highest BCUT2D eigenvalue weighted by Crippen LogP contribution is 2.07. The summed E-state index contributed by atoms with van der Waals surface area (Å²) in [5.74, 6) is 0.242. The van der Waals surface area contributed by atoms with Crippen LogP contribution >= 0.6 is 0 Å². The van der Waals surface area contributed by atoms with Crippen LogP contribution in [-0.2, 0) is 4.79 Å². The molecule has 0 fully saturated rings. The lowest BCUT2D eigenvalue weighted by atomic mass is 10.1. The normalized spacial score (nSPS) is 11.3. The largest absolute Gasteiger partial charge is 0.295 e. The Morgan fingerprint density at radius 2 is 2.09 bits per heavy atom. The summed E-state index contributed by atoms with van der Waals surface area (Å²) < 4.78 is 0. The number of carbonyl (C=O) groups excluding carboxylic acids is 1. The molecule has 0 aliphatic carbocycles. The first-order valence-corrected chi connectivity index (χ1v) is 4.09. The van der Waals surface area contributed by atoms with Crippen LogP contribution < -0.4 is 0 Å². The Kier molecular flexibility index (Phi) is 5.44. The van der Waals surface area contributed by atoms with Crippen LogP contribution in [0.15, 0.2) is 24.3 Å². The molecule has 0 aliphatic heterocycles. The van der Waals surface area contributed by atoms with E-state index in [4.69, 9.17) is 0 Å². The molecule has 0 bridgehead atoms. The maximum atomic E-state index is 11.2. The van der Waals surface area contributed by atoms with E-state index >= 15 is 0 Å². The fraction of sp³-hybridized carbons (Fsp3) is 0.500. The SMILES string of the molecule is C=CC/C(=C/CC)C(=O)CC. The minimum atomic E-state index is 0.242. The Morgan fingerprint density at radius 1 is 1.45 bits per heavy atom. The van der Waals surface area contributed by atoms with Crippen molar-refractivity contribution in [3.63, 3.8) is 0 Å². The predicted octanol–water partition coefficient (Wildman–Crippen LogP) is 2.88. The van der Waals surface area contributed by atoms with Gasteiger partial charge in [-0.15, -0.1) is 6.58 Å². The van der Waals surface area contributed by atoms with Gasteiger partial charge < -0.3 is 0 Å². The number of ketones is 1. The second-order valence-corrected chi connectivity index (χ2v) is 2.41. The van der Waals surface area contributed by atoms with Crippen LogP contribution in [0.1, 0.15) is 33.1 Å². The molecule has 0 aromatic heterocycles. The molecule has 0 amide bonds. The van der Waals surface area contributed by atoms with Crippen LogP contribution in [0.5, 0.6) is 0 Å². The molecule has 0 aromatic rings. The summed E-state index contributed by atoms with van der Waals surface area (Å²) in [6.07, 6.45) is 5.98. The third-order valence-electron chi connectivity index (χ3n) is 1.49. The maximum absolute atomic E-state index is 11.2. The number of hydrogen-bond donors (Lipinski definition) is 0. The van der Waals surface area contributed by atoms with Gasteiger partial charge in [0, 0.05) is 6.42 Å². The summed E-state index contributed by atoms with van der Waals surface area (Å²) in [7, 11) is 0. The zero-order valence-corrected chi connectivity index (χ0v) is 7.39. The average Bonchev–Trinajstić information content (AvgIpc) is 2.03. The molecule has 0 heterocycles. The zero-order chi connectivity index (χ0) is 8.69. The van der Waals surface area contributed by atoms with E-state index in [0.29, 0.717) is 12.8 Å². The molecule has 0 aromatic carbocycles.